The molecule has 3 heteroatoms. The monoisotopic (exact) mass is 242 g/mol. The molecule has 1 atom stereocenters. The van der Waals surface area contributed by atoms with E-state index in [0.717, 1.165) is 25.6 Å². The van der Waals surface area contributed by atoms with Gasteiger partial charge in [0, 0.05) is 44.7 Å². The summed E-state index contributed by atoms with van der Waals surface area (Å²) in [6.45, 7) is 17.6. The minimum absolute atomic E-state index is 0.000216. The van der Waals surface area contributed by atoms with Gasteiger partial charge in [0.05, 0.1) is 6.10 Å². The van der Waals surface area contributed by atoms with Crippen LogP contribution in [0.2, 0.25) is 0 Å². The summed E-state index contributed by atoms with van der Waals surface area (Å²) < 4.78 is 0. The predicted octanol–water partition coefficient (Wildman–Crippen LogP) is 1.67. The Bertz CT molecular complexity index is 218. The first-order valence-corrected chi connectivity index (χ1v) is 6.94. The Morgan fingerprint density at radius 1 is 1.00 bits per heavy atom. The highest BCUT2D eigenvalue weighted by Crippen LogP contribution is 2.22. The fourth-order valence-electron chi connectivity index (χ4n) is 2.35. The van der Waals surface area contributed by atoms with Gasteiger partial charge in [0.25, 0.3) is 0 Å². The van der Waals surface area contributed by atoms with Crippen molar-refractivity contribution in [3.05, 3.63) is 0 Å². The molecule has 0 aromatic rings. The second-order valence-corrected chi connectivity index (χ2v) is 6.64. The molecule has 1 aliphatic heterocycles. The molecule has 0 saturated carbocycles. The van der Waals surface area contributed by atoms with Gasteiger partial charge in [-0.25, -0.2) is 0 Å². The lowest BCUT2D eigenvalue weighted by molar-refractivity contribution is 0.0179. The molecule has 1 N–H and O–H groups in total. The topological polar surface area (TPSA) is 26.7 Å². The highest BCUT2D eigenvalue weighted by molar-refractivity contribution is 4.82. The van der Waals surface area contributed by atoms with Crippen molar-refractivity contribution in [1.29, 1.82) is 0 Å². The molecular weight excluding hydrogens is 212 g/mol. The van der Waals surface area contributed by atoms with Crippen LogP contribution in [0, 0.1) is 11.3 Å². The average Bonchev–Trinajstić information content (AvgIpc) is 2.19. The molecule has 1 saturated heterocycles. The van der Waals surface area contributed by atoms with Crippen LogP contribution in [0.3, 0.4) is 0 Å². The summed E-state index contributed by atoms with van der Waals surface area (Å²) in [5.74, 6) is 0.760. The first-order chi connectivity index (χ1) is 7.81. The zero-order valence-electron chi connectivity index (χ0n) is 12.2. The predicted molar refractivity (Wildman–Crippen MR) is 73.2 cm³/mol. The van der Waals surface area contributed by atoms with Gasteiger partial charge in [-0.05, 0) is 12.8 Å². The Hall–Kier alpha value is -0.120. The molecule has 0 amide bonds. The molecule has 1 rings (SSSR count). The number of rotatable bonds is 5. The lowest BCUT2D eigenvalue weighted by Crippen LogP contribution is -2.51. The summed E-state index contributed by atoms with van der Waals surface area (Å²) in [5, 5.41) is 9.74. The van der Waals surface area contributed by atoms with Crippen molar-refractivity contribution in [2.24, 2.45) is 11.3 Å². The number of hydrogen-bond acceptors (Lipinski definition) is 3. The van der Waals surface area contributed by atoms with Gasteiger partial charge in [0.2, 0.25) is 0 Å². The van der Waals surface area contributed by atoms with Crippen LogP contribution in [0.15, 0.2) is 0 Å². The zero-order chi connectivity index (χ0) is 13.1. The molecule has 102 valence electrons. The summed E-state index contributed by atoms with van der Waals surface area (Å²) in [4.78, 5) is 5.04. The van der Waals surface area contributed by atoms with Crippen molar-refractivity contribution in [2.45, 2.75) is 40.7 Å². The Labute approximate surface area is 107 Å². The van der Waals surface area contributed by atoms with E-state index in [4.69, 9.17) is 0 Å². The molecular formula is C14H30N2O. The van der Waals surface area contributed by atoms with Crippen LogP contribution in [-0.2, 0) is 0 Å². The maximum absolute atomic E-state index is 9.74. The minimum atomic E-state index is -0.240. The van der Waals surface area contributed by atoms with Crippen molar-refractivity contribution in [3.8, 4) is 0 Å². The third-order valence-electron chi connectivity index (χ3n) is 3.85. The van der Waals surface area contributed by atoms with Crippen LogP contribution < -0.4 is 0 Å². The van der Waals surface area contributed by atoms with E-state index >= 15 is 0 Å². The lowest BCUT2D eigenvalue weighted by Gasteiger charge is -2.40. The fourth-order valence-corrected chi connectivity index (χ4v) is 2.35. The van der Waals surface area contributed by atoms with Gasteiger partial charge >= 0.3 is 0 Å². The normalized spacial score (nSPS) is 22.1. The number of nitrogens with zero attached hydrogens (tertiary/aromatic N) is 2. The summed E-state index contributed by atoms with van der Waals surface area (Å²) in [7, 11) is 0. The third kappa shape index (κ3) is 4.94. The molecule has 1 fully saturated rings. The van der Waals surface area contributed by atoms with Gasteiger partial charge in [-0.15, -0.1) is 0 Å². The van der Waals surface area contributed by atoms with Gasteiger partial charge in [-0.3, -0.25) is 0 Å². The molecule has 1 unspecified atom stereocenters. The highest BCUT2D eigenvalue weighted by atomic mass is 16.3. The second-order valence-electron chi connectivity index (χ2n) is 6.64. The van der Waals surface area contributed by atoms with Gasteiger partial charge in [0.15, 0.2) is 0 Å². The molecule has 0 aromatic carbocycles. The van der Waals surface area contributed by atoms with E-state index in [9.17, 15) is 5.11 Å². The molecule has 17 heavy (non-hydrogen) atoms. The van der Waals surface area contributed by atoms with Crippen LogP contribution in [0.25, 0.3) is 0 Å². The molecule has 1 aliphatic rings. The number of hydrogen-bond donors (Lipinski definition) is 1. The number of aliphatic hydroxyl groups is 1. The Morgan fingerprint density at radius 2 is 1.47 bits per heavy atom. The standard InChI is InChI=1S/C14H30N2O/c1-12(2)10-15-6-8-16(9-7-15)11-14(4,5)13(3)17/h12-13,17H,6-11H2,1-5H3. The Morgan fingerprint density at radius 3 is 1.88 bits per heavy atom. The second kappa shape index (κ2) is 6.17. The van der Waals surface area contributed by atoms with Crippen molar-refractivity contribution in [1.82, 2.24) is 9.80 Å². The summed E-state index contributed by atoms with van der Waals surface area (Å²) in [5.41, 5.74) is 0.000216. The fraction of sp³-hybridized carbons (Fsp3) is 1.00. The van der Waals surface area contributed by atoms with E-state index in [2.05, 4.69) is 37.5 Å². The van der Waals surface area contributed by atoms with E-state index in [1.54, 1.807) is 0 Å². The zero-order valence-corrected chi connectivity index (χ0v) is 12.2. The maximum Gasteiger partial charge on any atom is 0.0575 e. The van der Waals surface area contributed by atoms with Crippen molar-refractivity contribution in [2.75, 3.05) is 39.3 Å². The molecule has 0 aromatic heterocycles. The van der Waals surface area contributed by atoms with Crippen LogP contribution in [0.4, 0.5) is 0 Å². The summed E-state index contributed by atoms with van der Waals surface area (Å²) >= 11 is 0. The molecule has 0 radical (unpaired) electrons. The van der Waals surface area contributed by atoms with E-state index < -0.39 is 0 Å². The van der Waals surface area contributed by atoms with Crippen molar-refractivity contribution >= 4 is 0 Å². The van der Waals surface area contributed by atoms with Gasteiger partial charge < -0.3 is 14.9 Å². The van der Waals surface area contributed by atoms with E-state index in [0.29, 0.717) is 0 Å². The minimum Gasteiger partial charge on any atom is -0.393 e. The molecule has 0 aliphatic carbocycles. The van der Waals surface area contributed by atoms with Crippen molar-refractivity contribution < 1.29 is 5.11 Å². The number of piperazine rings is 1. The molecule has 0 bridgehead atoms. The first-order valence-electron chi connectivity index (χ1n) is 6.94. The van der Waals surface area contributed by atoms with Crippen LogP contribution >= 0.6 is 0 Å². The Balaban J connectivity index is 2.32. The van der Waals surface area contributed by atoms with E-state index in [1.807, 2.05) is 6.92 Å². The first kappa shape index (κ1) is 14.9. The Kier molecular flexibility index (Phi) is 5.42. The quantitative estimate of drug-likeness (QED) is 0.794. The lowest BCUT2D eigenvalue weighted by atomic mass is 9.86. The van der Waals surface area contributed by atoms with Crippen LogP contribution in [0.5, 0.6) is 0 Å². The molecule has 3 nitrogen and oxygen atoms in total. The van der Waals surface area contributed by atoms with E-state index in [1.165, 1.54) is 19.6 Å². The SMILES string of the molecule is CC(C)CN1CCN(CC(C)(C)C(C)O)CC1. The molecule has 1 heterocycles. The third-order valence-corrected chi connectivity index (χ3v) is 3.85. The summed E-state index contributed by atoms with van der Waals surface area (Å²) in [6, 6.07) is 0. The highest BCUT2D eigenvalue weighted by Gasteiger charge is 2.28. The van der Waals surface area contributed by atoms with Crippen LogP contribution in [0.1, 0.15) is 34.6 Å². The summed E-state index contributed by atoms with van der Waals surface area (Å²) in [6.07, 6.45) is -0.240. The van der Waals surface area contributed by atoms with Gasteiger partial charge in [-0.2, -0.15) is 0 Å². The van der Waals surface area contributed by atoms with Gasteiger partial charge in [0.1, 0.15) is 0 Å². The van der Waals surface area contributed by atoms with Crippen LogP contribution in [-0.4, -0.2) is 60.3 Å². The maximum atomic E-state index is 9.74. The van der Waals surface area contributed by atoms with E-state index in [-0.39, 0.29) is 11.5 Å². The molecule has 0 spiro atoms. The van der Waals surface area contributed by atoms with Crippen molar-refractivity contribution in [3.63, 3.8) is 0 Å². The average molecular weight is 242 g/mol. The largest absolute Gasteiger partial charge is 0.393 e. The van der Waals surface area contributed by atoms with Gasteiger partial charge in [-0.1, -0.05) is 27.7 Å². The smallest absolute Gasteiger partial charge is 0.0575 e. The number of aliphatic hydroxyl groups excluding tert-OH is 1.